The highest BCUT2D eigenvalue weighted by atomic mass is 32.2. The second-order valence-electron chi connectivity index (χ2n) is 7.59. The average Bonchev–Trinajstić information content (AvgIpc) is 2.82. The third-order valence-electron chi connectivity index (χ3n) is 5.46. The number of piperazine rings is 1. The molecule has 0 radical (unpaired) electrons. The molecule has 0 aliphatic carbocycles. The number of nitrogens with zero attached hydrogens (tertiary/aromatic N) is 2. The average molecular weight is 475 g/mol. The minimum absolute atomic E-state index is 0.0613. The smallest absolute Gasteiger partial charge is 0.338 e. The van der Waals surface area contributed by atoms with E-state index in [1.165, 1.54) is 49.5 Å². The van der Waals surface area contributed by atoms with Gasteiger partial charge in [0.1, 0.15) is 12.4 Å². The van der Waals surface area contributed by atoms with E-state index in [0.29, 0.717) is 30.0 Å². The van der Waals surface area contributed by atoms with Gasteiger partial charge in [0.25, 0.3) is 0 Å². The third-order valence-corrected chi connectivity index (χ3v) is 7.37. The highest BCUT2D eigenvalue weighted by Crippen LogP contribution is 2.23. The molecule has 2 aromatic carbocycles. The minimum atomic E-state index is -3.74. The lowest BCUT2D eigenvalue weighted by Crippen LogP contribution is -2.49. The maximum absolute atomic E-state index is 12.9. The summed E-state index contributed by atoms with van der Waals surface area (Å²) in [5, 5.41) is 0. The number of esters is 1. The van der Waals surface area contributed by atoms with Gasteiger partial charge in [-0.3, -0.25) is 9.59 Å². The SMILES string of the molecule is COc1ccc(C(C)=O)cc1COC(=O)c1ccc(S(=O)(=O)N2CCN(C(C)=O)CC2)cc1. The Kier molecular flexibility index (Phi) is 7.50. The first kappa shape index (κ1) is 24.4. The van der Waals surface area contributed by atoms with Gasteiger partial charge in [-0.2, -0.15) is 4.31 Å². The lowest BCUT2D eigenvalue weighted by molar-refractivity contribution is -0.129. The second kappa shape index (κ2) is 10.1. The second-order valence-corrected chi connectivity index (χ2v) is 9.53. The van der Waals surface area contributed by atoms with Crippen LogP contribution in [0.15, 0.2) is 47.4 Å². The summed E-state index contributed by atoms with van der Waals surface area (Å²) in [5.74, 6) is -0.353. The molecule has 1 saturated heterocycles. The maximum Gasteiger partial charge on any atom is 0.338 e. The van der Waals surface area contributed by atoms with Crippen LogP contribution in [0.5, 0.6) is 5.75 Å². The van der Waals surface area contributed by atoms with Crippen molar-refractivity contribution in [2.45, 2.75) is 25.3 Å². The van der Waals surface area contributed by atoms with Gasteiger partial charge in [-0.15, -0.1) is 0 Å². The molecule has 1 aliphatic rings. The van der Waals surface area contributed by atoms with E-state index in [0.717, 1.165) is 0 Å². The fraction of sp³-hybridized carbons (Fsp3) is 0.348. The predicted octanol–water partition coefficient (Wildman–Crippen LogP) is 2.11. The number of amides is 1. The summed E-state index contributed by atoms with van der Waals surface area (Å²) in [6, 6.07) is 10.4. The van der Waals surface area contributed by atoms with Crippen molar-refractivity contribution in [3.05, 3.63) is 59.2 Å². The van der Waals surface area contributed by atoms with Gasteiger partial charge in [0.15, 0.2) is 5.78 Å². The number of sulfonamides is 1. The van der Waals surface area contributed by atoms with Crippen molar-refractivity contribution in [2.75, 3.05) is 33.3 Å². The Labute approximate surface area is 192 Å². The highest BCUT2D eigenvalue weighted by molar-refractivity contribution is 7.89. The number of hydrogen-bond donors (Lipinski definition) is 0. The molecule has 0 bridgehead atoms. The molecule has 10 heteroatoms. The predicted molar refractivity (Wildman–Crippen MR) is 120 cm³/mol. The Bertz CT molecular complexity index is 1150. The summed E-state index contributed by atoms with van der Waals surface area (Å²) in [6.45, 7) is 3.90. The maximum atomic E-state index is 12.9. The van der Waals surface area contributed by atoms with Crippen LogP contribution in [-0.4, -0.2) is 68.6 Å². The Balaban J connectivity index is 1.67. The van der Waals surface area contributed by atoms with E-state index >= 15 is 0 Å². The first-order chi connectivity index (χ1) is 15.6. The summed E-state index contributed by atoms with van der Waals surface area (Å²) in [5.41, 5.74) is 1.21. The number of methoxy groups -OCH3 is 1. The van der Waals surface area contributed by atoms with E-state index in [2.05, 4.69) is 0 Å². The van der Waals surface area contributed by atoms with Gasteiger partial charge < -0.3 is 14.4 Å². The molecule has 2 aromatic rings. The Hall–Kier alpha value is -3.24. The molecule has 0 aromatic heterocycles. The number of rotatable bonds is 7. The van der Waals surface area contributed by atoms with Crippen LogP contribution in [0.1, 0.15) is 40.1 Å². The van der Waals surface area contributed by atoms with Gasteiger partial charge in [0, 0.05) is 44.2 Å². The summed E-state index contributed by atoms with van der Waals surface area (Å²) < 4.78 is 37.7. The summed E-state index contributed by atoms with van der Waals surface area (Å²) in [6.07, 6.45) is 0. The molecule has 33 heavy (non-hydrogen) atoms. The first-order valence-corrected chi connectivity index (χ1v) is 11.8. The van der Waals surface area contributed by atoms with Crippen molar-refractivity contribution >= 4 is 27.7 Å². The molecule has 1 aliphatic heterocycles. The summed E-state index contributed by atoms with van der Waals surface area (Å²) >= 11 is 0. The molecule has 0 spiro atoms. The van der Waals surface area contributed by atoms with Crippen LogP contribution in [0.4, 0.5) is 0 Å². The van der Waals surface area contributed by atoms with Crippen molar-refractivity contribution in [3.63, 3.8) is 0 Å². The molecule has 0 atom stereocenters. The van der Waals surface area contributed by atoms with Crippen molar-refractivity contribution in [1.82, 2.24) is 9.21 Å². The van der Waals surface area contributed by atoms with Crippen LogP contribution in [0, 0.1) is 0 Å². The largest absolute Gasteiger partial charge is 0.496 e. The van der Waals surface area contributed by atoms with Crippen LogP contribution >= 0.6 is 0 Å². The van der Waals surface area contributed by atoms with E-state index in [-0.39, 0.29) is 41.8 Å². The van der Waals surface area contributed by atoms with Gasteiger partial charge in [-0.05, 0) is 49.4 Å². The first-order valence-electron chi connectivity index (χ1n) is 10.3. The number of benzene rings is 2. The van der Waals surface area contributed by atoms with Gasteiger partial charge >= 0.3 is 5.97 Å². The van der Waals surface area contributed by atoms with Gasteiger partial charge in [0.05, 0.1) is 17.6 Å². The Morgan fingerprint density at radius 2 is 1.52 bits per heavy atom. The monoisotopic (exact) mass is 474 g/mol. The molecule has 1 fully saturated rings. The zero-order valence-corrected chi connectivity index (χ0v) is 19.6. The number of ether oxygens (including phenoxy) is 2. The minimum Gasteiger partial charge on any atom is -0.496 e. The standard InChI is InChI=1S/C23H26N2O7S/c1-16(26)19-6-9-22(31-3)20(14-19)15-32-23(28)18-4-7-21(8-5-18)33(29,30)25-12-10-24(11-13-25)17(2)27/h4-9,14H,10-13,15H2,1-3H3. The van der Waals surface area contributed by atoms with Crippen LogP contribution in [0.2, 0.25) is 0 Å². The third kappa shape index (κ3) is 5.58. The molecule has 1 heterocycles. The zero-order valence-electron chi connectivity index (χ0n) is 18.7. The highest BCUT2D eigenvalue weighted by Gasteiger charge is 2.29. The lowest BCUT2D eigenvalue weighted by atomic mass is 10.1. The molecular weight excluding hydrogens is 448 g/mol. The fourth-order valence-electron chi connectivity index (χ4n) is 3.49. The van der Waals surface area contributed by atoms with Crippen LogP contribution in [0.25, 0.3) is 0 Å². The molecule has 3 rings (SSSR count). The van der Waals surface area contributed by atoms with Crippen LogP contribution in [-0.2, 0) is 26.2 Å². The van der Waals surface area contributed by atoms with E-state index in [1.807, 2.05) is 0 Å². The number of ketones is 1. The number of hydrogen-bond acceptors (Lipinski definition) is 7. The molecule has 9 nitrogen and oxygen atoms in total. The Morgan fingerprint density at radius 3 is 2.06 bits per heavy atom. The van der Waals surface area contributed by atoms with E-state index in [1.54, 1.807) is 23.1 Å². The molecular formula is C23H26N2O7S. The van der Waals surface area contributed by atoms with Gasteiger partial charge in [-0.25, -0.2) is 13.2 Å². The van der Waals surface area contributed by atoms with Crippen molar-refractivity contribution in [1.29, 1.82) is 0 Å². The van der Waals surface area contributed by atoms with E-state index in [9.17, 15) is 22.8 Å². The quantitative estimate of drug-likeness (QED) is 0.446. The number of carbonyl (C=O) groups is 3. The van der Waals surface area contributed by atoms with Gasteiger partial charge in [0.2, 0.25) is 15.9 Å². The zero-order chi connectivity index (χ0) is 24.2. The topological polar surface area (TPSA) is 110 Å². The number of carbonyl (C=O) groups excluding carboxylic acids is 3. The molecule has 176 valence electrons. The van der Waals surface area contributed by atoms with Gasteiger partial charge in [-0.1, -0.05) is 0 Å². The molecule has 0 saturated carbocycles. The molecule has 0 unspecified atom stereocenters. The van der Waals surface area contributed by atoms with Crippen LogP contribution < -0.4 is 4.74 Å². The van der Waals surface area contributed by atoms with Crippen LogP contribution in [0.3, 0.4) is 0 Å². The molecule has 1 amide bonds. The summed E-state index contributed by atoms with van der Waals surface area (Å²) in [7, 11) is -2.26. The molecule has 0 N–H and O–H groups in total. The number of Topliss-reactive ketones (excluding diaryl/α,β-unsaturated/α-hetero) is 1. The van der Waals surface area contributed by atoms with Crippen molar-refractivity contribution in [2.24, 2.45) is 0 Å². The lowest BCUT2D eigenvalue weighted by Gasteiger charge is -2.33. The van der Waals surface area contributed by atoms with E-state index < -0.39 is 16.0 Å². The normalized spacial score (nSPS) is 14.6. The Morgan fingerprint density at radius 1 is 0.909 bits per heavy atom. The summed E-state index contributed by atoms with van der Waals surface area (Å²) in [4.78, 5) is 37.2. The van der Waals surface area contributed by atoms with Crippen molar-refractivity contribution in [3.8, 4) is 5.75 Å². The van der Waals surface area contributed by atoms with E-state index in [4.69, 9.17) is 9.47 Å². The fourth-order valence-corrected chi connectivity index (χ4v) is 4.91. The van der Waals surface area contributed by atoms with Crippen molar-refractivity contribution < 1.29 is 32.3 Å².